The molecule has 0 saturated carbocycles. The van der Waals surface area contributed by atoms with E-state index in [1.807, 2.05) is 0 Å². The number of para-hydroxylation sites is 1. The molecule has 0 bridgehead atoms. The summed E-state index contributed by atoms with van der Waals surface area (Å²) in [5.41, 5.74) is 2.79. The monoisotopic (exact) mass is 276 g/mol. The molecule has 1 aromatic rings. The van der Waals surface area contributed by atoms with Crippen molar-refractivity contribution in [2.45, 2.75) is 39.2 Å². The highest BCUT2D eigenvalue weighted by Gasteiger charge is 2.25. The van der Waals surface area contributed by atoms with Crippen LogP contribution < -0.4 is 10.2 Å². The van der Waals surface area contributed by atoms with E-state index in [4.69, 9.17) is 5.11 Å². The molecule has 2 atom stereocenters. The number of anilines is 1. The fourth-order valence-corrected chi connectivity index (χ4v) is 3.26. The quantitative estimate of drug-likeness (QED) is 0.804. The number of aliphatic hydroxyl groups is 1. The predicted molar refractivity (Wildman–Crippen MR) is 85.2 cm³/mol. The minimum atomic E-state index is 0.315. The van der Waals surface area contributed by atoms with Gasteiger partial charge >= 0.3 is 0 Å². The molecule has 112 valence electrons. The third kappa shape index (κ3) is 3.53. The molecule has 0 radical (unpaired) electrons. The standard InChI is InChI=1S/C17H28N2O/c1-3-16(18-4-2)15-7-5-6-8-17(15)19-11-9-14(13-19)10-12-20/h5-8,14,16,18,20H,3-4,9-13H2,1-2H3. The van der Waals surface area contributed by atoms with Gasteiger partial charge in [-0.2, -0.15) is 0 Å². The van der Waals surface area contributed by atoms with Crippen LogP contribution in [0.2, 0.25) is 0 Å². The van der Waals surface area contributed by atoms with Gasteiger partial charge in [-0.05, 0) is 43.4 Å². The molecule has 1 heterocycles. The summed E-state index contributed by atoms with van der Waals surface area (Å²) in [6.45, 7) is 7.92. The molecule has 1 fully saturated rings. The molecule has 3 heteroatoms. The van der Waals surface area contributed by atoms with E-state index in [2.05, 4.69) is 48.3 Å². The van der Waals surface area contributed by atoms with Gasteiger partial charge in [-0.1, -0.05) is 32.0 Å². The van der Waals surface area contributed by atoms with Crippen LogP contribution in [0.3, 0.4) is 0 Å². The molecule has 2 rings (SSSR count). The van der Waals surface area contributed by atoms with Crippen molar-refractivity contribution in [3.63, 3.8) is 0 Å². The first kappa shape index (κ1) is 15.3. The fraction of sp³-hybridized carbons (Fsp3) is 0.647. The molecule has 0 amide bonds. The van der Waals surface area contributed by atoms with E-state index in [9.17, 15) is 0 Å². The third-order valence-corrected chi connectivity index (χ3v) is 4.33. The van der Waals surface area contributed by atoms with Crippen LogP contribution in [-0.2, 0) is 0 Å². The molecule has 0 aliphatic carbocycles. The lowest BCUT2D eigenvalue weighted by Gasteiger charge is -2.26. The third-order valence-electron chi connectivity index (χ3n) is 4.33. The number of nitrogens with one attached hydrogen (secondary N) is 1. The minimum Gasteiger partial charge on any atom is -0.396 e. The Bertz CT molecular complexity index is 408. The SMILES string of the molecule is CCNC(CC)c1ccccc1N1CCC(CCO)C1. The Morgan fingerprint density at radius 3 is 2.85 bits per heavy atom. The second-order valence-electron chi connectivity index (χ2n) is 5.69. The van der Waals surface area contributed by atoms with Gasteiger partial charge in [0, 0.05) is 31.4 Å². The van der Waals surface area contributed by atoms with Crippen molar-refractivity contribution in [2.75, 3.05) is 31.1 Å². The summed E-state index contributed by atoms with van der Waals surface area (Å²) in [7, 11) is 0. The van der Waals surface area contributed by atoms with E-state index in [0.717, 1.165) is 32.5 Å². The molecule has 2 unspecified atom stereocenters. The van der Waals surface area contributed by atoms with Crippen molar-refractivity contribution in [3.8, 4) is 0 Å². The van der Waals surface area contributed by atoms with Crippen molar-refractivity contribution in [3.05, 3.63) is 29.8 Å². The first-order chi connectivity index (χ1) is 9.80. The summed E-state index contributed by atoms with van der Waals surface area (Å²) in [6.07, 6.45) is 3.24. The number of rotatable bonds is 7. The lowest BCUT2D eigenvalue weighted by atomic mass is 10.0. The lowest BCUT2D eigenvalue weighted by molar-refractivity contribution is 0.263. The highest BCUT2D eigenvalue weighted by Crippen LogP contribution is 2.32. The van der Waals surface area contributed by atoms with Crippen molar-refractivity contribution < 1.29 is 5.11 Å². The van der Waals surface area contributed by atoms with Crippen LogP contribution in [0, 0.1) is 5.92 Å². The van der Waals surface area contributed by atoms with Gasteiger partial charge in [0.15, 0.2) is 0 Å². The van der Waals surface area contributed by atoms with Crippen LogP contribution in [0.5, 0.6) is 0 Å². The molecule has 1 aliphatic heterocycles. The van der Waals surface area contributed by atoms with Crippen LogP contribution in [-0.4, -0.2) is 31.3 Å². The Hall–Kier alpha value is -1.06. The zero-order valence-corrected chi connectivity index (χ0v) is 12.8. The normalized spacial score (nSPS) is 20.4. The summed E-state index contributed by atoms with van der Waals surface area (Å²) in [6, 6.07) is 9.22. The topological polar surface area (TPSA) is 35.5 Å². The molecule has 1 aliphatic rings. The van der Waals surface area contributed by atoms with Crippen LogP contribution in [0.15, 0.2) is 24.3 Å². The number of nitrogens with zero attached hydrogens (tertiary/aromatic N) is 1. The van der Waals surface area contributed by atoms with Gasteiger partial charge in [-0.25, -0.2) is 0 Å². The highest BCUT2D eigenvalue weighted by atomic mass is 16.3. The van der Waals surface area contributed by atoms with E-state index in [-0.39, 0.29) is 0 Å². The molecule has 2 N–H and O–H groups in total. The summed E-state index contributed by atoms with van der Waals surface area (Å²) in [4.78, 5) is 2.50. The van der Waals surface area contributed by atoms with Crippen molar-refractivity contribution in [1.82, 2.24) is 5.32 Å². The maximum atomic E-state index is 9.11. The summed E-state index contributed by atoms with van der Waals surface area (Å²) >= 11 is 0. The van der Waals surface area contributed by atoms with Crippen LogP contribution in [0.25, 0.3) is 0 Å². The van der Waals surface area contributed by atoms with E-state index >= 15 is 0 Å². The molecule has 1 saturated heterocycles. The van der Waals surface area contributed by atoms with Crippen molar-refractivity contribution >= 4 is 5.69 Å². The molecule has 0 aromatic heterocycles. The van der Waals surface area contributed by atoms with Gasteiger partial charge in [-0.15, -0.1) is 0 Å². The lowest BCUT2D eigenvalue weighted by Crippen LogP contribution is -2.26. The molecule has 1 aromatic carbocycles. The number of hydrogen-bond acceptors (Lipinski definition) is 3. The zero-order valence-electron chi connectivity index (χ0n) is 12.8. The van der Waals surface area contributed by atoms with Crippen molar-refractivity contribution in [1.29, 1.82) is 0 Å². The van der Waals surface area contributed by atoms with E-state index < -0.39 is 0 Å². The van der Waals surface area contributed by atoms with Crippen LogP contribution in [0.4, 0.5) is 5.69 Å². The molecule has 20 heavy (non-hydrogen) atoms. The van der Waals surface area contributed by atoms with Gasteiger partial charge in [0.25, 0.3) is 0 Å². The molecule has 3 nitrogen and oxygen atoms in total. The summed E-state index contributed by atoms with van der Waals surface area (Å²) < 4.78 is 0. The Labute approximate surface area is 123 Å². The summed E-state index contributed by atoms with van der Waals surface area (Å²) in [5.74, 6) is 0.646. The van der Waals surface area contributed by atoms with Crippen molar-refractivity contribution in [2.24, 2.45) is 5.92 Å². The van der Waals surface area contributed by atoms with E-state index in [1.165, 1.54) is 17.7 Å². The van der Waals surface area contributed by atoms with Crippen LogP contribution in [0.1, 0.15) is 44.7 Å². The van der Waals surface area contributed by atoms with Gasteiger partial charge in [0.2, 0.25) is 0 Å². The summed E-state index contributed by atoms with van der Waals surface area (Å²) in [5, 5.41) is 12.7. The first-order valence-corrected chi connectivity index (χ1v) is 7.98. The molecule has 0 spiro atoms. The fourth-order valence-electron chi connectivity index (χ4n) is 3.26. The van der Waals surface area contributed by atoms with Gasteiger partial charge < -0.3 is 15.3 Å². The molecular weight excluding hydrogens is 248 g/mol. The van der Waals surface area contributed by atoms with Gasteiger partial charge in [0.05, 0.1) is 0 Å². The average molecular weight is 276 g/mol. The highest BCUT2D eigenvalue weighted by molar-refractivity contribution is 5.55. The molecular formula is C17H28N2O. The van der Waals surface area contributed by atoms with Crippen LogP contribution >= 0.6 is 0 Å². The largest absolute Gasteiger partial charge is 0.396 e. The Morgan fingerprint density at radius 2 is 2.15 bits per heavy atom. The maximum Gasteiger partial charge on any atom is 0.0434 e. The Balaban J connectivity index is 2.15. The first-order valence-electron chi connectivity index (χ1n) is 7.98. The average Bonchev–Trinajstić information content (AvgIpc) is 2.94. The Kier molecular flexibility index (Phi) is 5.86. The Morgan fingerprint density at radius 1 is 1.35 bits per heavy atom. The number of aliphatic hydroxyl groups excluding tert-OH is 1. The maximum absolute atomic E-state index is 9.11. The minimum absolute atomic E-state index is 0.315. The van der Waals surface area contributed by atoms with Gasteiger partial charge in [-0.3, -0.25) is 0 Å². The zero-order chi connectivity index (χ0) is 14.4. The van der Waals surface area contributed by atoms with E-state index in [1.54, 1.807) is 0 Å². The predicted octanol–water partition coefficient (Wildman–Crippen LogP) is 2.96. The van der Waals surface area contributed by atoms with E-state index in [0.29, 0.717) is 18.6 Å². The van der Waals surface area contributed by atoms with Gasteiger partial charge in [0.1, 0.15) is 0 Å². The smallest absolute Gasteiger partial charge is 0.0434 e. The number of benzene rings is 1. The second-order valence-corrected chi connectivity index (χ2v) is 5.69. The second kappa shape index (κ2) is 7.65. The number of hydrogen-bond donors (Lipinski definition) is 2.